The summed E-state index contributed by atoms with van der Waals surface area (Å²) in [7, 11) is 0. The van der Waals surface area contributed by atoms with Gasteiger partial charge in [-0.15, -0.1) is 12.6 Å². The number of amides is 1. The molecule has 9 heteroatoms. The van der Waals surface area contributed by atoms with Crippen LogP contribution in [0.4, 0.5) is 4.39 Å². The number of fused-ring (bicyclic) bond motifs is 5. The minimum atomic E-state index is -1.35. The molecule has 2 aliphatic rings. The van der Waals surface area contributed by atoms with E-state index in [0.29, 0.717) is 11.1 Å². The van der Waals surface area contributed by atoms with Gasteiger partial charge in [0, 0.05) is 24.4 Å². The van der Waals surface area contributed by atoms with Crippen LogP contribution in [0.2, 0.25) is 0 Å². The Morgan fingerprint density at radius 2 is 1.82 bits per heavy atom. The predicted molar refractivity (Wildman–Crippen MR) is 124 cm³/mol. The maximum absolute atomic E-state index is 15.0. The van der Waals surface area contributed by atoms with Gasteiger partial charge in [-0.1, -0.05) is 48.5 Å². The van der Waals surface area contributed by atoms with Crippen molar-refractivity contribution in [3.8, 4) is 11.5 Å². The van der Waals surface area contributed by atoms with Crippen LogP contribution in [0.5, 0.6) is 11.5 Å². The topological polar surface area (TPSA) is 75.0 Å². The summed E-state index contributed by atoms with van der Waals surface area (Å²) >= 11 is 5.11. The highest BCUT2D eigenvalue weighted by Crippen LogP contribution is 2.45. The van der Waals surface area contributed by atoms with Gasteiger partial charge in [0.05, 0.1) is 0 Å². The van der Waals surface area contributed by atoms with E-state index in [-0.39, 0.29) is 31.3 Å². The molecule has 1 amide bonds. The second-order valence-electron chi connectivity index (χ2n) is 7.73. The summed E-state index contributed by atoms with van der Waals surface area (Å²) in [4.78, 5) is 25.6. The lowest BCUT2D eigenvalue weighted by Crippen LogP contribution is -2.61. The molecule has 7 nitrogen and oxygen atoms in total. The molecule has 0 saturated carbocycles. The standard InChI is InChI=1S/C24H20FN3O4S/c25-18-10-6-9-17-22(18)32-14-5-4-12-26-15-28(24(17,33)16-7-2-1-3-8-16)27-13-11-19(29)21(30)20(27)23(26)31/h1-11,13,30,33H,12,14-15H2/b5-4-/t24-/m0/s1. The fourth-order valence-corrected chi connectivity index (χ4v) is 4.69. The number of nitrogens with zero attached hydrogens (tertiary/aromatic N) is 3. The van der Waals surface area contributed by atoms with Crippen molar-refractivity contribution < 1.29 is 19.0 Å². The normalized spacial score (nSPS) is 20.8. The Bertz CT molecular complexity index is 1330. The maximum Gasteiger partial charge on any atom is 0.278 e. The van der Waals surface area contributed by atoms with Crippen LogP contribution in [0.3, 0.4) is 0 Å². The minimum absolute atomic E-state index is 0.0261. The molecule has 0 aliphatic carbocycles. The number of carbonyl (C=O) groups excluding carboxylic acids is 1. The number of rotatable bonds is 1. The number of ether oxygens (including phenoxy) is 1. The fraction of sp³-hybridized carbons (Fsp3) is 0.167. The maximum atomic E-state index is 15.0. The molecular formula is C24H20FN3O4S. The predicted octanol–water partition coefficient (Wildman–Crippen LogP) is 2.82. The molecule has 0 radical (unpaired) electrons. The van der Waals surface area contributed by atoms with Gasteiger partial charge < -0.3 is 14.7 Å². The number of thiol groups is 1. The summed E-state index contributed by atoms with van der Waals surface area (Å²) in [6.07, 6.45) is 4.82. The fourth-order valence-electron chi connectivity index (χ4n) is 4.21. The number of benzene rings is 2. The number of aromatic nitrogens is 1. The Morgan fingerprint density at radius 3 is 2.61 bits per heavy atom. The van der Waals surface area contributed by atoms with Crippen LogP contribution < -0.4 is 15.2 Å². The van der Waals surface area contributed by atoms with E-state index < -0.39 is 27.8 Å². The highest BCUT2D eigenvalue weighted by Gasteiger charge is 2.46. The summed E-state index contributed by atoms with van der Waals surface area (Å²) in [5.74, 6) is -1.69. The van der Waals surface area contributed by atoms with Crippen molar-refractivity contribution in [1.82, 2.24) is 9.58 Å². The Hall–Kier alpha value is -3.72. The minimum Gasteiger partial charge on any atom is -0.502 e. The van der Waals surface area contributed by atoms with E-state index in [0.717, 1.165) is 0 Å². The van der Waals surface area contributed by atoms with Crippen molar-refractivity contribution in [2.45, 2.75) is 4.87 Å². The quantitative estimate of drug-likeness (QED) is 0.427. The molecule has 2 aromatic carbocycles. The lowest BCUT2D eigenvalue weighted by molar-refractivity contribution is 0.0697. The van der Waals surface area contributed by atoms with E-state index in [1.165, 1.54) is 27.9 Å². The zero-order valence-corrected chi connectivity index (χ0v) is 18.3. The van der Waals surface area contributed by atoms with Crippen LogP contribution in [-0.4, -0.2) is 40.4 Å². The molecule has 0 fully saturated rings. The summed E-state index contributed by atoms with van der Waals surface area (Å²) in [6.45, 7) is 0.330. The lowest BCUT2D eigenvalue weighted by Gasteiger charge is -2.48. The molecule has 33 heavy (non-hydrogen) atoms. The summed E-state index contributed by atoms with van der Waals surface area (Å²) in [6, 6.07) is 14.9. The smallest absolute Gasteiger partial charge is 0.278 e. The largest absolute Gasteiger partial charge is 0.502 e. The average Bonchev–Trinajstić information content (AvgIpc) is 2.85. The van der Waals surface area contributed by atoms with Crippen molar-refractivity contribution in [2.75, 3.05) is 24.8 Å². The molecular weight excluding hydrogens is 445 g/mol. The number of aromatic hydroxyl groups is 1. The van der Waals surface area contributed by atoms with Gasteiger partial charge in [0.2, 0.25) is 5.43 Å². The van der Waals surface area contributed by atoms with E-state index in [9.17, 15) is 14.7 Å². The SMILES string of the molecule is O=C1c2c(O)c(=O)ccn2N2CN1C/C=C\COc1c(F)cccc1[C@@]2(S)c1ccccc1. The molecule has 3 heterocycles. The number of carbonyl (C=O) groups is 1. The second kappa shape index (κ2) is 8.00. The van der Waals surface area contributed by atoms with Gasteiger partial charge in [0.25, 0.3) is 5.91 Å². The number of para-hydroxylation sites is 1. The highest BCUT2D eigenvalue weighted by atomic mass is 32.1. The first kappa shape index (κ1) is 21.1. The third-order valence-corrected chi connectivity index (χ3v) is 6.55. The van der Waals surface area contributed by atoms with Crippen molar-refractivity contribution in [3.05, 3.63) is 106 Å². The number of halogens is 1. The van der Waals surface area contributed by atoms with Crippen LogP contribution in [0.1, 0.15) is 21.6 Å². The molecule has 1 atom stereocenters. The van der Waals surface area contributed by atoms with E-state index in [1.54, 1.807) is 29.3 Å². The monoisotopic (exact) mass is 465 g/mol. The molecule has 0 unspecified atom stereocenters. The third kappa shape index (κ3) is 3.27. The Morgan fingerprint density at radius 1 is 1.03 bits per heavy atom. The molecule has 168 valence electrons. The summed E-state index contributed by atoms with van der Waals surface area (Å²) in [5, 5.41) is 12.3. The van der Waals surface area contributed by atoms with E-state index in [1.807, 2.05) is 30.3 Å². The molecule has 2 aliphatic heterocycles. The lowest BCUT2D eigenvalue weighted by atomic mass is 9.95. The van der Waals surface area contributed by atoms with Crippen LogP contribution >= 0.6 is 12.6 Å². The van der Waals surface area contributed by atoms with Gasteiger partial charge in [0.1, 0.15) is 13.3 Å². The van der Waals surface area contributed by atoms with Crippen molar-refractivity contribution >= 4 is 18.5 Å². The van der Waals surface area contributed by atoms with Gasteiger partial charge in [0.15, 0.2) is 27.9 Å². The third-order valence-electron chi connectivity index (χ3n) is 5.82. The van der Waals surface area contributed by atoms with Crippen LogP contribution in [0.15, 0.2) is 77.7 Å². The van der Waals surface area contributed by atoms with Gasteiger partial charge in [-0.05, 0) is 17.7 Å². The van der Waals surface area contributed by atoms with Crippen molar-refractivity contribution in [3.63, 3.8) is 0 Å². The number of hydrogen-bond donors (Lipinski definition) is 2. The van der Waals surface area contributed by atoms with Gasteiger partial charge in [-0.25, -0.2) is 4.39 Å². The Kier molecular flexibility index (Phi) is 5.13. The molecule has 0 spiro atoms. The van der Waals surface area contributed by atoms with E-state index in [4.69, 9.17) is 17.4 Å². The zero-order chi connectivity index (χ0) is 23.2. The van der Waals surface area contributed by atoms with Crippen molar-refractivity contribution in [1.29, 1.82) is 0 Å². The van der Waals surface area contributed by atoms with E-state index >= 15 is 4.39 Å². The molecule has 2 bridgehead atoms. The first-order valence-corrected chi connectivity index (χ1v) is 10.7. The molecule has 1 N–H and O–H groups in total. The molecule has 1 aromatic heterocycles. The Labute approximate surface area is 194 Å². The van der Waals surface area contributed by atoms with Gasteiger partial charge in [-0.3, -0.25) is 19.3 Å². The van der Waals surface area contributed by atoms with Crippen LogP contribution in [0.25, 0.3) is 0 Å². The molecule has 3 aromatic rings. The second-order valence-corrected chi connectivity index (χ2v) is 8.37. The van der Waals surface area contributed by atoms with Crippen molar-refractivity contribution in [2.24, 2.45) is 0 Å². The average molecular weight is 466 g/mol. The van der Waals surface area contributed by atoms with Crippen LogP contribution in [0, 0.1) is 5.82 Å². The summed E-state index contributed by atoms with van der Waals surface area (Å²) in [5.41, 5.74) is 0.227. The molecule has 5 rings (SSSR count). The van der Waals surface area contributed by atoms with Gasteiger partial charge in [-0.2, -0.15) is 0 Å². The first-order valence-electron chi connectivity index (χ1n) is 10.3. The first-order chi connectivity index (χ1) is 15.9. The highest BCUT2D eigenvalue weighted by molar-refractivity contribution is 7.81. The number of pyridine rings is 1. The Balaban J connectivity index is 1.87. The summed E-state index contributed by atoms with van der Waals surface area (Å²) < 4.78 is 22.3. The van der Waals surface area contributed by atoms with Gasteiger partial charge >= 0.3 is 0 Å². The number of hydrogen-bond acceptors (Lipinski definition) is 6. The molecule has 0 saturated heterocycles. The van der Waals surface area contributed by atoms with Crippen LogP contribution in [-0.2, 0) is 4.87 Å². The zero-order valence-electron chi connectivity index (χ0n) is 17.4. The van der Waals surface area contributed by atoms with E-state index in [2.05, 4.69) is 0 Å².